The topological polar surface area (TPSA) is 75.2 Å². The molecule has 0 atom stereocenters. The quantitative estimate of drug-likeness (QED) is 0.795. The molecule has 1 N–H and O–H groups in total. The molecule has 2 amide bonds. The van der Waals surface area contributed by atoms with Crippen molar-refractivity contribution in [2.75, 3.05) is 24.2 Å². The molecule has 1 fully saturated rings. The van der Waals surface area contributed by atoms with Crippen molar-refractivity contribution in [3.05, 3.63) is 47.8 Å². The molecule has 1 saturated heterocycles. The van der Waals surface area contributed by atoms with Gasteiger partial charge in [0.1, 0.15) is 10.8 Å². The van der Waals surface area contributed by atoms with Crippen LogP contribution < -0.4 is 5.32 Å². The van der Waals surface area contributed by atoms with Crippen molar-refractivity contribution in [2.24, 2.45) is 0 Å². The standard InChI is InChI=1S/C19H21FN4O2S/c20-15-7-5-6-14(12-15)19(26)21-16-8-9-17(23-22-16)27-13-18(25)24-10-3-1-2-4-11-24/h5-9,12H,1-4,10-11,13H2,(H,21,22,26). The highest BCUT2D eigenvalue weighted by Gasteiger charge is 2.16. The first-order valence-corrected chi connectivity index (χ1v) is 9.91. The van der Waals surface area contributed by atoms with E-state index in [-0.39, 0.29) is 17.3 Å². The normalized spacial score (nSPS) is 14.5. The van der Waals surface area contributed by atoms with Crippen molar-refractivity contribution in [1.29, 1.82) is 0 Å². The molecular weight excluding hydrogens is 367 g/mol. The van der Waals surface area contributed by atoms with Crippen molar-refractivity contribution >= 4 is 29.4 Å². The molecule has 0 aliphatic carbocycles. The maximum Gasteiger partial charge on any atom is 0.256 e. The molecule has 1 aliphatic heterocycles. The molecule has 3 rings (SSSR count). The van der Waals surface area contributed by atoms with Gasteiger partial charge < -0.3 is 10.2 Å². The predicted molar refractivity (Wildman–Crippen MR) is 102 cm³/mol. The van der Waals surface area contributed by atoms with E-state index in [1.807, 2.05) is 4.90 Å². The third-order valence-electron chi connectivity index (χ3n) is 4.27. The van der Waals surface area contributed by atoms with E-state index in [2.05, 4.69) is 15.5 Å². The Morgan fingerprint density at radius 1 is 1.07 bits per heavy atom. The Labute approximate surface area is 161 Å². The number of thioether (sulfide) groups is 1. The van der Waals surface area contributed by atoms with E-state index in [1.54, 1.807) is 12.1 Å². The van der Waals surface area contributed by atoms with Crippen molar-refractivity contribution < 1.29 is 14.0 Å². The van der Waals surface area contributed by atoms with Crippen LogP contribution >= 0.6 is 11.8 Å². The van der Waals surface area contributed by atoms with Crippen LogP contribution in [0.4, 0.5) is 10.2 Å². The van der Waals surface area contributed by atoms with Crippen LogP contribution in [0.2, 0.25) is 0 Å². The van der Waals surface area contributed by atoms with Gasteiger partial charge in [-0.25, -0.2) is 4.39 Å². The molecule has 0 unspecified atom stereocenters. The number of hydrogen-bond donors (Lipinski definition) is 1. The van der Waals surface area contributed by atoms with E-state index in [0.29, 0.717) is 10.8 Å². The minimum absolute atomic E-state index is 0.118. The highest BCUT2D eigenvalue weighted by atomic mass is 32.2. The van der Waals surface area contributed by atoms with Crippen molar-refractivity contribution in [3.8, 4) is 0 Å². The van der Waals surface area contributed by atoms with Gasteiger partial charge in [-0.2, -0.15) is 0 Å². The number of halogens is 1. The van der Waals surface area contributed by atoms with Crippen molar-refractivity contribution in [2.45, 2.75) is 30.7 Å². The zero-order chi connectivity index (χ0) is 19.1. The molecule has 27 heavy (non-hydrogen) atoms. The van der Waals surface area contributed by atoms with Crippen LogP contribution in [0.3, 0.4) is 0 Å². The fraction of sp³-hybridized carbons (Fsp3) is 0.368. The Balaban J connectivity index is 1.51. The van der Waals surface area contributed by atoms with Gasteiger partial charge in [0.05, 0.1) is 5.75 Å². The van der Waals surface area contributed by atoms with Crippen LogP contribution in [-0.2, 0) is 4.79 Å². The number of carbonyl (C=O) groups is 2. The SMILES string of the molecule is O=C(Nc1ccc(SCC(=O)N2CCCCCC2)nn1)c1cccc(F)c1. The summed E-state index contributed by atoms with van der Waals surface area (Å²) in [6.07, 6.45) is 4.50. The van der Waals surface area contributed by atoms with E-state index in [1.165, 1.54) is 42.8 Å². The molecule has 2 heterocycles. The molecule has 0 bridgehead atoms. The van der Waals surface area contributed by atoms with Gasteiger partial charge in [0.2, 0.25) is 5.91 Å². The number of amides is 2. The summed E-state index contributed by atoms with van der Waals surface area (Å²) < 4.78 is 13.2. The van der Waals surface area contributed by atoms with E-state index in [0.717, 1.165) is 32.0 Å². The maximum absolute atomic E-state index is 13.2. The summed E-state index contributed by atoms with van der Waals surface area (Å²) in [5.41, 5.74) is 0.207. The van der Waals surface area contributed by atoms with Crippen LogP contribution in [-0.4, -0.2) is 45.8 Å². The lowest BCUT2D eigenvalue weighted by atomic mass is 10.2. The number of likely N-dealkylation sites (tertiary alicyclic amines) is 1. The first-order valence-electron chi connectivity index (χ1n) is 8.93. The summed E-state index contributed by atoms with van der Waals surface area (Å²) >= 11 is 1.33. The van der Waals surface area contributed by atoms with Crippen molar-refractivity contribution in [1.82, 2.24) is 15.1 Å². The number of carbonyl (C=O) groups excluding carboxylic acids is 2. The second kappa shape index (κ2) is 9.45. The molecule has 0 radical (unpaired) electrons. The van der Waals surface area contributed by atoms with E-state index in [4.69, 9.17) is 0 Å². The fourth-order valence-corrected chi connectivity index (χ4v) is 3.55. The van der Waals surface area contributed by atoms with Gasteiger partial charge in [-0.1, -0.05) is 30.7 Å². The third kappa shape index (κ3) is 5.75. The third-order valence-corrected chi connectivity index (χ3v) is 5.18. The van der Waals surface area contributed by atoms with E-state index in [9.17, 15) is 14.0 Å². The van der Waals surface area contributed by atoms with Crippen LogP contribution in [0.25, 0.3) is 0 Å². The molecule has 8 heteroatoms. The molecule has 6 nitrogen and oxygen atoms in total. The average molecular weight is 388 g/mol. The summed E-state index contributed by atoms with van der Waals surface area (Å²) in [6, 6.07) is 8.73. The van der Waals surface area contributed by atoms with Gasteiger partial charge >= 0.3 is 0 Å². The number of rotatable bonds is 5. The number of aromatic nitrogens is 2. The monoisotopic (exact) mass is 388 g/mol. The Bertz CT molecular complexity index is 793. The summed E-state index contributed by atoms with van der Waals surface area (Å²) in [5, 5.41) is 11.2. The number of nitrogens with zero attached hydrogens (tertiary/aromatic N) is 3. The molecule has 1 aromatic heterocycles. The highest BCUT2D eigenvalue weighted by molar-refractivity contribution is 7.99. The van der Waals surface area contributed by atoms with Crippen LogP contribution in [0.5, 0.6) is 0 Å². The Hall–Kier alpha value is -2.48. The van der Waals surface area contributed by atoms with Gasteiger partial charge in [-0.15, -0.1) is 10.2 Å². The molecule has 1 aliphatic rings. The van der Waals surface area contributed by atoms with Crippen LogP contribution in [0.15, 0.2) is 41.4 Å². The molecule has 1 aromatic carbocycles. The Morgan fingerprint density at radius 3 is 2.52 bits per heavy atom. The first kappa shape index (κ1) is 19.3. The van der Waals surface area contributed by atoms with Gasteiger partial charge in [0.15, 0.2) is 5.82 Å². The number of nitrogens with one attached hydrogen (secondary N) is 1. The molecule has 0 spiro atoms. The second-order valence-corrected chi connectivity index (χ2v) is 7.30. The average Bonchev–Trinajstić information content (AvgIpc) is 2.97. The minimum Gasteiger partial charge on any atom is -0.342 e. The van der Waals surface area contributed by atoms with Gasteiger partial charge in [-0.05, 0) is 43.2 Å². The van der Waals surface area contributed by atoms with Crippen LogP contribution in [0, 0.1) is 5.82 Å². The fourth-order valence-electron chi connectivity index (χ4n) is 2.83. The number of anilines is 1. The largest absolute Gasteiger partial charge is 0.342 e. The van der Waals surface area contributed by atoms with E-state index < -0.39 is 11.7 Å². The molecule has 2 aromatic rings. The summed E-state index contributed by atoms with van der Waals surface area (Å²) in [7, 11) is 0. The summed E-state index contributed by atoms with van der Waals surface area (Å²) in [6.45, 7) is 1.66. The molecule has 142 valence electrons. The smallest absolute Gasteiger partial charge is 0.256 e. The lowest BCUT2D eigenvalue weighted by Crippen LogP contribution is -2.33. The molecular formula is C19H21FN4O2S. The minimum atomic E-state index is -0.477. The zero-order valence-corrected chi connectivity index (χ0v) is 15.7. The number of benzene rings is 1. The molecule has 0 saturated carbocycles. The summed E-state index contributed by atoms with van der Waals surface area (Å²) in [4.78, 5) is 26.3. The van der Waals surface area contributed by atoms with Crippen molar-refractivity contribution in [3.63, 3.8) is 0 Å². The Morgan fingerprint density at radius 2 is 1.85 bits per heavy atom. The second-order valence-electron chi connectivity index (χ2n) is 6.30. The highest BCUT2D eigenvalue weighted by Crippen LogP contribution is 2.18. The van der Waals surface area contributed by atoms with Gasteiger partial charge in [0, 0.05) is 18.7 Å². The van der Waals surface area contributed by atoms with Gasteiger partial charge in [0.25, 0.3) is 5.91 Å². The predicted octanol–water partition coefficient (Wildman–Crippen LogP) is 3.36. The summed E-state index contributed by atoms with van der Waals surface area (Å²) in [5.74, 6) is -0.223. The lowest BCUT2D eigenvalue weighted by molar-refractivity contribution is -0.128. The Kier molecular flexibility index (Phi) is 6.75. The van der Waals surface area contributed by atoms with Crippen LogP contribution in [0.1, 0.15) is 36.0 Å². The van der Waals surface area contributed by atoms with E-state index >= 15 is 0 Å². The lowest BCUT2D eigenvalue weighted by Gasteiger charge is -2.19. The maximum atomic E-state index is 13.2. The zero-order valence-electron chi connectivity index (χ0n) is 14.9. The number of hydrogen-bond acceptors (Lipinski definition) is 5. The van der Waals surface area contributed by atoms with Gasteiger partial charge in [-0.3, -0.25) is 9.59 Å². The first-order chi connectivity index (χ1) is 13.1.